The number of fused-ring (bicyclic) bond motifs is 1. The minimum atomic E-state index is -1.11. The number of carbonyl (C=O) groups is 1. The summed E-state index contributed by atoms with van der Waals surface area (Å²) in [6.45, 7) is 4.37. The van der Waals surface area contributed by atoms with Crippen LogP contribution in [0.1, 0.15) is 34.0 Å². The Balaban J connectivity index is 2.20. The molecule has 0 fully saturated rings. The average Bonchev–Trinajstić information content (AvgIpc) is 2.75. The number of rotatable bonds is 3. The molecule has 20 heavy (non-hydrogen) atoms. The zero-order valence-electron chi connectivity index (χ0n) is 11.6. The van der Waals surface area contributed by atoms with Gasteiger partial charge in [-0.3, -0.25) is 0 Å². The normalized spacial score (nSPS) is 20.6. The number of cyclic esters (lactones) is 1. The molecule has 0 N–H and O–H groups in total. The van der Waals surface area contributed by atoms with Crippen molar-refractivity contribution < 1.29 is 14.3 Å². The first-order valence-corrected chi connectivity index (χ1v) is 6.71. The second kappa shape index (κ2) is 4.76. The van der Waals surface area contributed by atoms with Gasteiger partial charge in [-0.05, 0) is 19.9 Å². The second-order valence-electron chi connectivity index (χ2n) is 4.85. The molecular formula is C17H16O3. The lowest BCUT2D eigenvalue weighted by atomic mass is 9.95. The number of benzene rings is 2. The van der Waals surface area contributed by atoms with Gasteiger partial charge in [0, 0.05) is 17.7 Å². The molecule has 1 unspecified atom stereocenters. The first-order valence-electron chi connectivity index (χ1n) is 6.71. The van der Waals surface area contributed by atoms with Crippen LogP contribution < -0.4 is 0 Å². The SMILES string of the molecule is CCOC1(c2ccc(C)cc2)OC(=O)c2ccccc21. The highest BCUT2D eigenvalue weighted by Crippen LogP contribution is 2.42. The van der Waals surface area contributed by atoms with E-state index >= 15 is 0 Å². The highest BCUT2D eigenvalue weighted by atomic mass is 16.7. The molecule has 0 saturated carbocycles. The van der Waals surface area contributed by atoms with Gasteiger partial charge in [-0.2, -0.15) is 0 Å². The fourth-order valence-electron chi connectivity index (χ4n) is 2.57. The monoisotopic (exact) mass is 268 g/mol. The van der Waals surface area contributed by atoms with Crippen molar-refractivity contribution in [3.63, 3.8) is 0 Å². The molecule has 0 amide bonds. The number of hydrogen-bond donors (Lipinski definition) is 0. The molecule has 0 bridgehead atoms. The van der Waals surface area contributed by atoms with Crippen molar-refractivity contribution in [1.29, 1.82) is 0 Å². The van der Waals surface area contributed by atoms with E-state index in [0.717, 1.165) is 16.7 Å². The number of aryl methyl sites for hydroxylation is 1. The molecule has 0 aliphatic carbocycles. The van der Waals surface area contributed by atoms with Gasteiger partial charge in [0.1, 0.15) is 0 Å². The molecule has 3 nitrogen and oxygen atoms in total. The molecule has 1 aliphatic heterocycles. The van der Waals surface area contributed by atoms with Gasteiger partial charge in [0.05, 0.1) is 5.56 Å². The van der Waals surface area contributed by atoms with Gasteiger partial charge < -0.3 is 9.47 Å². The van der Waals surface area contributed by atoms with Crippen LogP contribution in [0.5, 0.6) is 0 Å². The smallest absolute Gasteiger partial charge is 0.341 e. The molecule has 0 aromatic heterocycles. The van der Waals surface area contributed by atoms with E-state index in [4.69, 9.17) is 9.47 Å². The topological polar surface area (TPSA) is 35.5 Å². The summed E-state index contributed by atoms with van der Waals surface area (Å²) in [5.41, 5.74) is 3.33. The van der Waals surface area contributed by atoms with Crippen LogP contribution >= 0.6 is 0 Å². The lowest BCUT2D eigenvalue weighted by molar-refractivity contribution is -0.170. The van der Waals surface area contributed by atoms with E-state index < -0.39 is 5.79 Å². The van der Waals surface area contributed by atoms with E-state index in [1.165, 1.54) is 0 Å². The Kier molecular flexibility index (Phi) is 3.07. The van der Waals surface area contributed by atoms with Crippen LogP contribution in [0, 0.1) is 6.92 Å². The van der Waals surface area contributed by atoms with E-state index in [1.54, 1.807) is 6.07 Å². The first kappa shape index (κ1) is 12.9. The molecule has 1 atom stereocenters. The van der Waals surface area contributed by atoms with Gasteiger partial charge >= 0.3 is 5.97 Å². The van der Waals surface area contributed by atoms with E-state index in [0.29, 0.717) is 12.2 Å². The summed E-state index contributed by atoms with van der Waals surface area (Å²) >= 11 is 0. The Morgan fingerprint density at radius 1 is 1.10 bits per heavy atom. The Labute approximate surface area is 118 Å². The highest BCUT2D eigenvalue weighted by Gasteiger charge is 2.47. The molecule has 3 heteroatoms. The molecular weight excluding hydrogens is 252 g/mol. The van der Waals surface area contributed by atoms with Gasteiger partial charge in [-0.15, -0.1) is 0 Å². The fourth-order valence-corrected chi connectivity index (χ4v) is 2.57. The van der Waals surface area contributed by atoms with Crippen molar-refractivity contribution in [2.24, 2.45) is 0 Å². The van der Waals surface area contributed by atoms with Crippen LogP contribution in [-0.2, 0) is 15.3 Å². The van der Waals surface area contributed by atoms with E-state index in [2.05, 4.69) is 0 Å². The van der Waals surface area contributed by atoms with E-state index in [9.17, 15) is 4.79 Å². The van der Waals surface area contributed by atoms with Crippen LogP contribution in [0.25, 0.3) is 0 Å². The van der Waals surface area contributed by atoms with Gasteiger partial charge in [-0.1, -0.05) is 48.0 Å². The van der Waals surface area contributed by atoms with E-state index in [-0.39, 0.29) is 5.97 Å². The zero-order valence-corrected chi connectivity index (χ0v) is 11.6. The third-order valence-corrected chi connectivity index (χ3v) is 3.52. The van der Waals surface area contributed by atoms with Gasteiger partial charge in [0.2, 0.25) is 0 Å². The number of hydrogen-bond acceptors (Lipinski definition) is 3. The molecule has 102 valence electrons. The number of carbonyl (C=O) groups excluding carboxylic acids is 1. The largest absolute Gasteiger partial charge is 0.420 e. The Morgan fingerprint density at radius 3 is 2.50 bits per heavy atom. The number of ether oxygens (including phenoxy) is 2. The standard InChI is InChI=1S/C17H16O3/c1-3-19-17(13-10-8-12(2)9-11-13)15-7-5-4-6-14(15)16(18)20-17/h4-11H,3H2,1-2H3. The molecule has 2 aromatic carbocycles. The summed E-state index contributed by atoms with van der Waals surface area (Å²) in [4.78, 5) is 12.1. The zero-order chi connectivity index (χ0) is 14.2. The summed E-state index contributed by atoms with van der Waals surface area (Å²) < 4.78 is 11.5. The predicted octanol–water partition coefficient (Wildman–Crippen LogP) is 3.40. The summed E-state index contributed by atoms with van der Waals surface area (Å²) in [5.74, 6) is -1.45. The fraction of sp³-hybridized carbons (Fsp3) is 0.235. The van der Waals surface area contributed by atoms with Crippen molar-refractivity contribution in [3.05, 3.63) is 70.8 Å². The summed E-state index contributed by atoms with van der Waals surface area (Å²) in [6.07, 6.45) is 0. The van der Waals surface area contributed by atoms with Gasteiger partial charge in [0.25, 0.3) is 5.79 Å². The van der Waals surface area contributed by atoms with Crippen molar-refractivity contribution in [2.75, 3.05) is 6.61 Å². The van der Waals surface area contributed by atoms with Crippen LogP contribution in [0.4, 0.5) is 0 Å². The molecule has 1 heterocycles. The van der Waals surface area contributed by atoms with Gasteiger partial charge in [0.15, 0.2) is 0 Å². The van der Waals surface area contributed by atoms with Crippen molar-refractivity contribution >= 4 is 5.97 Å². The maximum atomic E-state index is 12.1. The first-order chi connectivity index (χ1) is 9.67. The van der Waals surface area contributed by atoms with Crippen molar-refractivity contribution in [3.8, 4) is 0 Å². The van der Waals surface area contributed by atoms with Crippen LogP contribution in [0.15, 0.2) is 48.5 Å². The molecule has 0 saturated heterocycles. The number of esters is 1. The van der Waals surface area contributed by atoms with Gasteiger partial charge in [-0.25, -0.2) is 4.79 Å². The minimum Gasteiger partial charge on any atom is -0.420 e. The minimum absolute atomic E-state index is 0.338. The van der Waals surface area contributed by atoms with Crippen LogP contribution in [0.3, 0.4) is 0 Å². The predicted molar refractivity (Wildman–Crippen MR) is 75.4 cm³/mol. The summed E-state index contributed by atoms with van der Waals surface area (Å²) in [7, 11) is 0. The van der Waals surface area contributed by atoms with Crippen LogP contribution in [-0.4, -0.2) is 12.6 Å². The highest BCUT2D eigenvalue weighted by molar-refractivity contribution is 5.95. The Morgan fingerprint density at radius 2 is 1.80 bits per heavy atom. The average molecular weight is 268 g/mol. The molecule has 0 spiro atoms. The lowest BCUT2D eigenvalue weighted by Crippen LogP contribution is -2.31. The van der Waals surface area contributed by atoms with Crippen LogP contribution in [0.2, 0.25) is 0 Å². The maximum absolute atomic E-state index is 12.1. The molecule has 2 aromatic rings. The van der Waals surface area contributed by atoms with E-state index in [1.807, 2.05) is 56.3 Å². The third-order valence-electron chi connectivity index (χ3n) is 3.52. The summed E-state index contributed by atoms with van der Waals surface area (Å²) in [6, 6.07) is 15.2. The Bertz CT molecular complexity index is 646. The quantitative estimate of drug-likeness (QED) is 0.800. The second-order valence-corrected chi connectivity index (χ2v) is 4.85. The molecule has 3 rings (SSSR count). The van der Waals surface area contributed by atoms with Crippen molar-refractivity contribution in [2.45, 2.75) is 19.6 Å². The molecule has 1 aliphatic rings. The Hall–Kier alpha value is -2.13. The molecule has 0 radical (unpaired) electrons. The summed E-state index contributed by atoms with van der Waals surface area (Å²) in [5, 5.41) is 0. The van der Waals surface area contributed by atoms with Crippen molar-refractivity contribution in [1.82, 2.24) is 0 Å². The maximum Gasteiger partial charge on any atom is 0.341 e. The third kappa shape index (κ3) is 1.82. The lowest BCUT2D eigenvalue weighted by Gasteiger charge is -2.28.